The average molecular weight is 544 g/mol. The van der Waals surface area contributed by atoms with Crippen molar-refractivity contribution in [1.29, 1.82) is 0 Å². The minimum Gasteiger partial charge on any atom is -0.376 e. The lowest BCUT2D eigenvalue weighted by molar-refractivity contribution is 0.0906. The molecule has 1 aliphatic rings. The molecule has 1 fully saturated rings. The Morgan fingerprint density at radius 1 is 1.20 bits per heavy atom. The average Bonchev–Trinajstić information content (AvgIpc) is 3.18. The number of benzene rings is 2. The molecule has 1 unspecified atom stereocenters. The Kier molecular flexibility index (Phi) is 9.53. The lowest BCUT2D eigenvalue weighted by atomic mass is 10.1. The Labute approximate surface area is 195 Å². The second-order valence-corrected chi connectivity index (χ2v) is 8.76. The molecule has 164 valence electrons. The minimum atomic E-state index is -3.70. The first-order chi connectivity index (χ1) is 14.0. The normalized spacial score (nSPS) is 16.9. The third kappa shape index (κ3) is 7.22. The summed E-state index contributed by atoms with van der Waals surface area (Å²) in [6.07, 6.45) is 1.05. The SMILES string of the molecule is CN=C(NCc1cccc(S(N)(=O)=O)c1)N1CCC(COCc2ccccc2)C1.I. The zero-order valence-corrected chi connectivity index (χ0v) is 20.2. The van der Waals surface area contributed by atoms with Crippen LogP contribution in [0.4, 0.5) is 0 Å². The summed E-state index contributed by atoms with van der Waals surface area (Å²) in [4.78, 5) is 6.69. The number of nitrogens with two attached hydrogens (primary N) is 1. The van der Waals surface area contributed by atoms with E-state index < -0.39 is 10.0 Å². The van der Waals surface area contributed by atoms with Crippen LogP contribution in [-0.4, -0.2) is 46.0 Å². The summed E-state index contributed by atoms with van der Waals surface area (Å²) in [5.41, 5.74) is 2.01. The summed E-state index contributed by atoms with van der Waals surface area (Å²) in [5.74, 6) is 1.26. The number of rotatable bonds is 7. The van der Waals surface area contributed by atoms with Crippen LogP contribution < -0.4 is 10.5 Å². The van der Waals surface area contributed by atoms with E-state index in [-0.39, 0.29) is 28.9 Å². The van der Waals surface area contributed by atoms with Gasteiger partial charge in [-0.1, -0.05) is 42.5 Å². The van der Waals surface area contributed by atoms with Crippen LogP contribution in [0.25, 0.3) is 0 Å². The summed E-state index contributed by atoms with van der Waals surface area (Å²) >= 11 is 0. The van der Waals surface area contributed by atoms with Crippen LogP contribution in [0, 0.1) is 5.92 Å². The lowest BCUT2D eigenvalue weighted by Crippen LogP contribution is -2.39. The van der Waals surface area contributed by atoms with Gasteiger partial charge in [-0.05, 0) is 29.7 Å². The highest BCUT2D eigenvalue weighted by Crippen LogP contribution is 2.18. The number of halogens is 1. The Morgan fingerprint density at radius 3 is 2.63 bits per heavy atom. The number of hydrogen-bond donors (Lipinski definition) is 2. The molecule has 30 heavy (non-hydrogen) atoms. The van der Waals surface area contributed by atoms with E-state index in [1.165, 1.54) is 11.6 Å². The van der Waals surface area contributed by atoms with Gasteiger partial charge in [0, 0.05) is 32.6 Å². The molecule has 3 N–H and O–H groups in total. The molecular weight excluding hydrogens is 515 g/mol. The topological polar surface area (TPSA) is 97.0 Å². The molecule has 0 saturated carbocycles. The van der Waals surface area contributed by atoms with Crippen molar-refractivity contribution >= 4 is 40.0 Å². The van der Waals surface area contributed by atoms with E-state index in [0.717, 1.165) is 37.6 Å². The molecule has 0 radical (unpaired) electrons. The van der Waals surface area contributed by atoms with E-state index in [4.69, 9.17) is 9.88 Å². The number of likely N-dealkylation sites (tertiary alicyclic amines) is 1. The van der Waals surface area contributed by atoms with Crippen molar-refractivity contribution in [3.8, 4) is 0 Å². The van der Waals surface area contributed by atoms with Crippen molar-refractivity contribution in [2.45, 2.75) is 24.5 Å². The van der Waals surface area contributed by atoms with Gasteiger partial charge in [0.15, 0.2) is 5.96 Å². The van der Waals surface area contributed by atoms with E-state index in [9.17, 15) is 8.42 Å². The zero-order chi connectivity index (χ0) is 20.7. The number of primary sulfonamides is 1. The fraction of sp³-hybridized carbons (Fsp3) is 0.381. The van der Waals surface area contributed by atoms with Crippen molar-refractivity contribution in [3.05, 3.63) is 65.7 Å². The highest BCUT2D eigenvalue weighted by atomic mass is 127. The summed E-state index contributed by atoms with van der Waals surface area (Å²) in [6, 6.07) is 16.8. The molecule has 0 amide bonds. The van der Waals surface area contributed by atoms with Crippen molar-refractivity contribution < 1.29 is 13.2 Å². The van der Waals surface area contributed by atoms with Gasteiger partial charge in [0.2, 0.25) is 10.0 Å². The van der Waals surface area contributed by atoms with Gasteiger partial charge in [-0.2, -0.15) is 0 Å². The Balaban J connectivity index is 0.00000320. The van der Waals surface area contributed by atoms with Crippen LogP contribution in [-0.2, 0) is 27.9 Å². The van der Waals surface area contributed by atoms with Gasteiger partial charge in [-0.3, -0.25) is 4.99 Å². The Morgan fingerprint density at radius 2 is 1.93 bits per heavy atom. The maximum atomic E-state index is 11.5. The molecule has 1 heterocycles. The number of hydrogen-bond acceptors (Lipinski definition) is 4. The zero-order valence-electron chi connectivity index (χ0n) is 17.0. The smallest absolute Gasteiger partial charge is 0.238 e. The largest absolute Gasteiger partial charge is 0.376 e. The first-order valence-corrected chi connectivity index (χ1v) is 11.2. The Bertz CT molecular complexity index is 938. The number of aliphatic imine (C=N–C) groups is 1. The molecular formula is C21H29IN4O3S. The van der Waals surface area contributed by atoms with Crippen LogP contribution in [0.5, 0.6) is 0 Å². The number of nitrogens with zero attached hydrogens (tertiary/aromatic N) is 2. The van der Waals surface area contributed by atoms with Gasteiger partial charge in [0.25, 0.3) is 0 Å². The molecule has 0 bridgehead atoms. The third-order valence-corrected chi connectivity index (χ3v) is 5.85. The van der Waals surface area contributed by atoms with Crippen LogP contribution in [0.1, 0.15) is 17.5 Å². The van der Waals surface area contributed by atoms with Crippen molar-refractivity contribution in [3.63, 3.8) is 0 Å². The van der Waals surface area contributed by atoms with Crippen LogP contribution in [0.2, 0.25) is 0 Å². The maximum Gasteiger partial charge on any atom is 0.238 e. The lowest BCUT2D eigenvalue weighted by Gasteiger charge is -2.22. The summed E-state index contributed by atoms with van der Waals surface area (Å²) < 4.78 is 28.9. The highest BCUT2D eigenvalue weighted by Gasteiger charge is 2.25. The van der Waals surface area contributed by atoms with Crippen LogP contribution in [0.15, 0.2) is 64.5 Å². The molecule has 2 aromatic rings. The summed E-state index contributed by atoms with van der Waals surface area (Å²) in [7, 11) is -1.95. The van der Waals surface area contributed by atoms with E-state index in [0.29, 0.717) is 19.1 Å². The molecule has 1 aliphatic heterocycles. The Hall–Kier alpha value is -1.69. The minimum absolute atomic E-state index is 0. The second-order valence-electron chi connectivity index (χ2n) is 7.19. The predicted octanol–water partition coefficient (Wildman–Crippen LogP) is 2.57. The van der Waals surface area contributed by atoms with E-state index in [1.54, 1.807) is 19.2 Å². The van der Waals surface area contributed by atoms with Crippen LogP contribution >= 0.6 is 24.0 Å². The fourth-order valence-electron chi connectivity index (χ4n) is 3.42. The molecule has 1 saturated heterocycles. The predicted molar refractivity (Wildman–Crippen MR) is 129 cm³/mol. The number of guanidine groups is 1. The number of ether oxygens (including phenoxy) is 1. The van der Waals surface area contributed by atoms with E-state index in [2.05, 4.69) is 27.3 Å². The third-order valence-electron chi connectivity index (χ3n) is 4.94. The number of nitrogens with one attached hydrogen (secondary N) is 1. The van der Waals surface area contributed by atoms with Crippen molar-refractivity contribution in [1.82, 2.24) is 10.2 Å². The van der Waals surface area contributed by atoms with Crippen molar-refractivity contribution in [2.75, 3.05) is 26.7 Å². The van der Waals surface area contributed by atoms with Gasteiger partial charge < -0.3 is 15.0 Å². The monoisotopic (exact) mass is 544 g/mol. The number of sulfonamides is 1. The quantitative estimate of drug-likeness (QED) is 0.318. The first-order valence-electron chi connectivity index (χ1n) is 9.64. The van der Waals surface area contributed by atoms with Gasteiger partial charge in [0.05, 0.1) is 18.1 Å². The maximum absolute atomic E-state index is 11.5. The summed E-state index contributed by atoms with van der Waals surface area (Å²) in [6.45, 7) is 3.62. The van der Waals surface area contributed by atoms with Gasteiger partial charge in [-0.15, -0.1) is 24.0 Å². The molecule has 1 atom stereocenters. The molecule has 2 aromatic carbocycles. The summed E-state index contributed by atoms with van der Waals surface area (Å²) in [5, 5.41) is 8.52. The molecule has 0 spiro atoms. The molecule has 3 rings (SSSR count). The van der Waals surface area contributed by atoms with Crippen molar-refractivity contribution in [2.24, 2.45) is 16.0 Å². The fourth-order valence-corrected chi connectivity index (χ4v) is 4.01. The van der Waals surface area contributed by atoms with Gasteiger partial charge in [0.1, 0.15) is 0 Å². The molecule has 0 aliphatic carbocycles. The first kappa shape index (κ1) is 24.6. The molecule has 7 nitrogen and oxygen atoms in total. The highest BCUT2D eigenvalue weighted by molar-refractivity contribution is 14.0. The van der Waals surface area contributed by atoms with Crippen LogP contribution in [0.3, 0.4) is 0 Å². The van der Waals surface area contributed by atoms with E-state index in [1.807, 2.05) is 24.3 Å². The van der Waals surface area contributed by atoms with Gasteiger partial charge >= 0.3 is 0 Å². The second kappa shape index (κ2) is 11.6. The van der Waals surface area contributed by atoms with E-state index >= 15 is 0 Å². The van der Waals surface area contributed by atoms with Gasteiger partial charge in [-0.25, -0.2) is 13.6 Å². The molecule has 0 aromatic heterocycles. The standard InChI is InChI=1S/C21H28N4O3S.HI/c1-23-21(24-13-18-8-5-9-20(12-18)29(22,26)27)25-11-10-19(14-25)16-28-15-17-6-3-2-4-7-17;/h2-9,12,19H,10-11,13-16H2,1H3,(H,23,24)(H2,22,26,27);1H. The molecule has 9 heteroatoms.